The summed E-state index contributed by atoms with van der Waals surface area (Å²) in [6.45, 7) is -11.2. The third kappa shape index (κ3) is 10.4. The van der Waals surface area contributed by atoms with E-state index < -0.39 is 50.7 Å². The minimum Gasteiger partial charge on any atom is -0.386 e. The minimum absolute atomic E-state index is 0. The highest BCUT2D eigenvalue weighted by molar-refractivity contribution is 5.85. The van der Waals surface area contributed by atoms with Crippen LogP contribution in [0.2, 0.25) is 0 Å². The van der Waals surface area contributed by atoms with E-state index in [1.807, 2.05) is 0 Å². The highest BCUT2D eigenvalue weighted by Gasteiger charge is 2.26. The Morgan fingerprint density at radius 2 is 1.76 bits per heavy atom. The van der Waals surface area contributed by atoms with Crippen LogP contribution < -0.4 is 5.32 Å². The first-order chi connectivity index (χ1) is 16.7. The van der Waals surface area contributed by atoms with Crippen LogP contribution in [0.25, 0.3) is 0 Å². The molecule has 0 bridgehead atoms. The van der Waals surface area contributed by atoms with Crippen LogP contribution in [0.3, 0.4) is 0 Å². The second kappa shape index (κ2) is 15.7. The van der Waals surface area contributed by atoms with Crippen LogP contribution in [0, 0.1) is 0 Å². The Balaban J connectivity index is 0.00000684. The fourth-order valence-electron chi connectivity index (χ4n) is 3.13. The largest absolute Gasteiger partial charge is 0.386 e. The number of aliphatic hydroxyl groups is 1. The number of morpholine rings is 1. The Kier molecular flexibility index (Phi) is 8.44. The van der Waals surface area contributed by atoms with Crippen molar-refractivity contribution in [1.29, 1.82) is 0 Å². The third-order valence-corrected chi connectivity index (χ3v) is 4.72. The number of nitrogens with one attached hydrogen (secondary N) is 1. The van der Waals surface area contributed by atoms with Gasteiger partial charge in [-0.3, -0.25) is 9.69 Å². The van der Waals surface area contributed by atoms with E-state index in [0.29, 0.717) is 16.9 Å². The van der Waals surface area contributed by atoms with Gasteiger partial charge in [-0.25, -0.2) is 0 Å². The zero-order chi connectivity index (χ0) is 27.2. The number of halogens is 1. The van der Waals surface area contributed by atoms with Gasteiger partial charge in [0.15, 0.2) is 0 Å². The van der Waals surface area contributed by atoms with Crippen molar-refractivity contribution in [2.45, 2.75) is 70.4 Å². The van der Waals surface area contributed by atoms with Gasteiger partial charge in [-0.05, 0) is 12.0 Å². The van der Waals surface area contributed by atoms with Gasteiger partial charge in [0.1, 0.15) is 6.10 Å². The van der Waals surface area contributed by atoms with Crippen molar-refractivity contribution in [3.63, 3.8) is 0 Å². The number of hydrogen-bond donors (Lipinski definition) is 2. The van der Waals surface area contributed by atoms with Gasteiger partial charge >= 0.3 is 0 Å². The summed E-state index contributed by atoms with van der Waals surface area (Å²) < 4.78 is 69.1. The van der Waals surface area contributed by atoms with Crippen LogP contribution in [0.15, 0.2) is 30.3 Å². The van der Waals surface area contributed by atoms with Gasteiger partial charge in [0.25, 0.3) is 0 Å². The van der Waals surface area contributed by atoms with Gasteiger partial charge in [-0.2, -0.15) is 0 Å². The summed E-state index contributed by atoms with van der Waals surface area (Å²) in [7, 11) is 0. The lowest BCUT2D eigenvalue weighted by atomic mass is 10.0. The van der Waals surface area contributed by atoms with Gasteiger partial charge in [-0.1, -0.05) is 75.8 Å². The summed E-state index contributed by atoms with van der Waals surface area (Å²) in [6, 6.07) is 7.01. The molecule has 0 spiro atoms. The van der Waals surface area contributed by atoms with Crippen molar-refractivity contribution in [2.75, 3.05) is 32.7 Å². The first kappa shape index (κ1) is 15.6. The SMILES string of the molecule is Cl.[2H]C1([2H])OC([2H])([2H])C([2H])([2H])N(C[C@@H](NC(=O)CCCCCCCCC)[C@H](O)c2ccccc2)C1([2H])[2H]. The second-order valence-electron chi connectivity index (χ2n) is 7.04. The van der Waals surface area contributed by atoms with Gasteiger partial charge in [0, 0.05) is 31.4 Å². The lowest BCUT2D eigenvalue weighted by Gasteiger charge is -2.33. The molecule has 1 amide bonds. The van der Waals surface area contributed by atoms with E-state index in [0.717, 1.165) is 32.1 Å². The molecular weight excluding hydrogens is 388 g/mol. The molecule has 0 aromatic heterocycles. The van der Waals surface area contributed by atoms with Gasteiger partial charge in [0.05, 0.1) is 24.6 Å². The van der Waals surface area contributed by atoms with Crippen LogP contribution in [0.1, 0.15) is 80.9 Å². The van der Waals surface area contributed by atoms with Crippen LogP contribution in [0.4, 0.5) is 0 Å². The zero-order valence-corrected chi connectivity index (χ0v) is 17.8. The van der Waals surface area contributed by atoms with Gasteiger partial charge in [-0.15, -0.1) is 12.4 Å². The number of carbonyl (C=O) groups excluding carboxylic acids is 1. The monoisotopic (exact) mass is 434 g/mol. The quantitative estimate of drug-likeness (QED) is 0.459. The molecule has 6 heteroatoms. The maximum Gasteiger partial charge on any atom is 0.220 e. The van der Waals surface area contributed by atoms with Crippen LogP contribution in [-0.2, 0) is 9.53 Å². The third-order valence-electron chi connectivity index (χ3n) is 4.72. The molecule has 1 aromatic carbocycles. The number of nitrogens with zero attached hydrogens (tertiary/aromatic N) is 1. The Morgan fingerprint density at radius 3 is 2.41 bits per heavy atom. The Morgan fingerprint density at radius 1 is 1.14 bits per heavy atom. The number of ether oxygens (including phenoxy) is 1. The number of rotatable bonds is 13. The summed E-state index contributed by atoms with van der Waals surface area (Å²) in [5.41, 5.74) is 0.388. The molecule has 1 fully saturated rings. The Bertz CT molecular complexity index is 823. The van der Waals surface area contributed by atoms with Gasteiger partial charge in [0.2, 0.25) is 5.91 Å². The topological polar surface area (TPSA) is 61.8 Å². The summed E-state index contributed by atoms with van der Waals surface area (Å²) >= 11 is 0. The Hall–Kier alpha value is -1.14. The summed E-state index contributed by atoms with van der Waals surface area (Å²) in [5, 5.41) is 13.7. The first-order valence-electron chi connectivity index (χ1n) is 14.2. The van der Waals surface area contributed by atoms with Crippen LogP contribution in [-0.4, -0.2) is 54.6 Å². The fraction of sp³-hybridized carbons (Fsp3) is 0.696. The highest BCUT2D eigenvalue weighted by atomic mass is 35.5. The van der Waals surface area contributed by atoms with E-state index in [-0.39, 0.29) is 18.8 Å². The molecule has 1 aromatic rings. The molecule has 29 heavy (non-hydrogen) atoms. The van der Waals surface area contributed by atoms with Gasteiger partial charge < -0.3 is 15.2 Å². The molecule has 0 radical (unpaired) electrons. The molecule has 166 valence electrons. The zero-order valence-electron chi connectivity index (χ0n) is 25.0. The van der Waals surface area contributed by atoms with Crippen molar-refractivity contribution in [1.82, 2.24) is 10.2 Å². The van der Waals surface area contributed by atoms with Crippen LogP contribution in [0.5, 0.6) is 0 Å². The molecule has 2 atom stereocenters. The summed E-state index contributed by atoms with van der Waals surface area (Å²) in [6.07, 6.45) is 5.84. The van der Waals surface area contributed by atoms with E-state index in [1.165, 1.54) is 6.42 Å². The van der Waals surface area contributed by atoms with Crippen molar-refractivity contribution >= 4 is 18.3 Å². The van der Waals surface area contributed by atoms with E-state index in [2.05, 4.69) is 17.0 Å². The molecule has 0 saturated carbocycles. The summed E-state index contributed by atoms with van der Waals surface area (Å²) in [5.74, 6) is -0.413. The number of aliphatic hydroxyl groups excluding tert-OH is 1. The number of carbonyl (C=O) groups is 1. The Labute approximate surface area is 193 Å². The lowest BCUT2D eigenvalue weighted by Crippen LogP contribution is -2.49. The van der Waals surface area contributed by atoms with Crippen molar-refractivity contribution in [3.8, 4) is 0 Å². The normalized spacial score (nSPS) is 27.7. The average molecular weight is 435 g/mol. The highest BCUT2D eigenvalue weighted by Crippen LogP contribution is 2.18. The summed E-state index contributed by atoms with van der Waals surface area (Å²) in [4.78, 5) is 13.1. The predicted octanol–water partition coefficient (Wildman–Crippen LogP) is 4.10. The average Bonchev–Trinajstić information content (AvgIpc) is 2.79. The predicted molar refractivity (Wildman–Crippen MR) is 120 cm³/mol. The van der Waals surface area contributed by atoms with Crippen molar-refractivity contribution < 1.29 is 25.6 Å². The molecule has 2 N–H and O–H groups in total. The fourth-order valence-corrected chi connectivity index (χ4v) is 3.13. The molecule has 2 rings (SSSR count). The molecule has 0 aliphatic carbocycles. The smallest absolute Gasteiger partial charge is 0.220 e. The number of benzene rings is 1. The van der Waals surface area contributed by atoms with E-state index in [9.17, 15) is 9.90 Å². The van der Waals surface area contributed by atoms with E-state index >= 15 is 0 Å². The molecule has 5 nitrogen and oxygen atoms in total. The molecule has 1 heterocycles. The first-order valence-corrected chi connectivity index (χ1v) is 10.2. The second-order valence-corrected chi connectivity index (χ2v) is 7.04. The number of unbranched alkanes of at least 4 members (excludes halogenated alkanes) is 6. The maximum absolute atomic E-state index is 12.7. The number of amides is 1. The lowest BCUT2D eigenvalue weighted by molar-refractivity contribution is -0.123. The maximum atomic E-state index is 12.7. The van der Waals surface area contributed by atoms with E-state index in [4.69, 9.17) is 11.0 Å². The minimum atomic E-state index is -3.20. The number of hydrogen-bond acceptors (Lipinski definition) is 4. The standard InChI is InChI=1S/C23H38N2O3.ClH/c1-2-3-4-5-6-7-11-14-22(26)24-21(19-25-15-17-28-18-16-25)23(27)20-12-9-8-10-13-20;/h8-10,12-13,21,23,27H,2-7,11,14-19H2,1H3,(H,24,26);1H/t21-,23-;/m1./s1/i15D2,16D2,17D2,18D2;. The molecule has 1 saturated heterocycles. The molecule has 1 aliphatic rings. The van der Waals surface area contributed by atoms with Crippen molar-refractivity contribution in [3.05, 3.63) is 35.9 Å². The molecular formula is C23H39ClN2O3. The van der Waals surface area contributed by atoms with Crippen molar-refractivity contribution in [2.24, 2.45) is 0 Å². The van der Waals surface area contributed by atoms with E-state index in [1.54, 1.807) is 30.3 Å². The molecule has 0 unspecified atom stereocenters. The molecule has 1 aliphatic heterocycles. The van der Waals surface area contributed by atoms with Crippen LogP contribution >= 0.6 is 12.4 Å².